The largest absolute Gasteiger partial charge is 0.351 e. The Morgan fingerprint density at radius 2 is 2.00 bits per heavy atom. The number of quaternary nitrogens is 1. The molecule has 0 saturated heterocycles. The molecular weight excluding hydrogens is 274 g/mol. The van der Waals surface area contributed by atoms with Crippen LogP contribution < -0.4 is 5.32 Å². The lowest BCUT2D eigenvalue weighted by atomic mass is 10.1. The molecule has 1 heterocycles. The van der Waals surface area contributed by atoms with Crippen LogP contribution in [0.2, 0.25) is 0 Å². The Balaban J connectivity index is 2.36. The molecule has 1 aliphatic heterocycles. The maximum absolute atomic E-state index is 11.1. The van der Waals surface area contributed by atoms with Crippen LogP contribution >= 0.6 is 0 Å². The van der Waals surface area contributed by atoms with Gasteiger partial charge in [0.15, 0.2) is 5.84 Å². The SMILES string of the molecule is CCCC/C=C/CCCC1=NCC[N+]1(CC)CCNC(C)=O. The standard InChI is InChI=1S/C18H33N3O/c1-4-6-7-8-9-10-11-12-18-20-14-16-21(18,5-2)15-13-19-17(3)22/h8-9H,4-7,10-16H2,1-3H3/p+1/b9-8+. The number of nitrogens with zero attached hydrogens (tertiary/aromatic N) is 2. The molecule has 1 aliphatic rings. The molecule has 1 amide bonds. The van der Waals surface area contributed by atoms with Crippen molar-refractivity contribution in [1.29, 1.82) is 0 Å². The number of amides is 1. The van der Waals surface area contributed by atoms with E-state index in [0.29, 0.717) is 0 Å². The molecule has 0 saturated carbocycles. The van der Waals surface area contributed by atoms with Crippen LogP contribution in [0.25, 0.3) is 0 Å². The molecule has 0 fully saturated rings. The van der Waals surface area contributed by atoms with E-state index in [1.54, 1.807) is 6.92 Å². The molecule has 22 heavy (non-hydrogen) atoms. The molecule has 1 N–H and O–H groups in total. The first kappa shape index (κ1) is 18.9. The normalized spacial score (nSPS) is 21.3. The van der Waals surface area contributed by atoms with Crippen molar-refractivity contribution in [2.24, 2.45) is 4.99 Å². The number of aliphatic imine (C=N–C) groups is 1. The molecule has 1 unspecified atom stereocenters. The molecular formula is C18H34N3O+. The molecule has 1 rings (SSSR count). The smallest absolute Gasteiger partial charge is 0.217 e. The van der Waals surface area contributed by atoms with Crippen LogP contribution in [-0.4, -0.2) is 48.9 Å². The van der Waals surface area contributed by atoms with E-state index in [2.05, 4.69) is 31.3 Å². The number of amidine groups is 1. The van der Waals surface area contributed by atoms with Gasteiger partial charge in [0.2, 0.25) is 5.91 Å². The van der Waals surface area contributed by atoms with Crippen LogP contribution in [0.3, 0.4) is 0 Å². The molecule has 1 atom stereocenters. The lowest BCUT2D eigenvalue weighted by molar-refractivity contribution is -0.833. The molecule has 0 aliphatic carbocycles. The number of hydrogen-bond acceptors (Lipinski definition) is 2. The van der Waals surface area contributed by atoms with E-state index in [0.717, 1.165) is 50.0 Å². The summed E-state index contributed by atoms with van der Waals surface area (Å²) in [6.45, 7) is 10.9. The average molecular weight is 308 g/mol. The zero-order valence-corrected chi connectivity index (χ0v) is 14.7. The molecule has 0 spiro atoms. The van der Waals surface area contributed by atoms with Crippen molar-refractivity contribution in [2.75, 3.05) is 32.7 Å². The number of carbonyl (C=O) groups excluding carboxylic acids is 1. The highest BCUT2D eigenvalue weighted by Gasteiger charge is 2.35. The lowest BCUT2D eigenvalue weighted by Gasteiger charge is -2.33. The second-order valence-corrected chi connectivity index (χ2v) is 6.20. The monoisotopic (exact) mass is 308 g/mol. The minimum absolute atomic E-state index is 0.0594. The van der Waals surface area contributed by atoms with Gasteiger partial charge in [-0.1, -0.05) is 31.9 Å². The predicted molar refractivity (Wildman–Crippen MR) is 94.0 cm³/mol. The van der Waals surface area contributed by atoms with Crippen molar-refractivity contribution in [1.82, 2.24) is 5.32 Å². The maximum atomic E-state index is 11.1. The van der Waals surface area contributed by atoms with E-state index in [-0.39, 0.29) is 5.91 Å². The van der Waals surface area contributed by atoms with Crippen molar-refractivity contribution >= 4 is 11.7 Å². The summed E-state index contributed by atoms with van der Waals surface area (Å²) in [6, 6.07) is 0. The Kier molecular flexibility index (Phi) is 9.05. The van der Waals surface area contributed by atoms with Gasteiger partial charge in [0.05, 0.1) is 19.6 Å². The first-order chi connectivity index (χ1) is 10.6. The summed E-state index contributed by atoms with van der Waals surface area (Å²) in [4.78, 5) is 15.8. The Morgan fingerprint density at radius 3 is 2.64 bits per heavy atom. The number of likely N-dealkylation sites (N-methyl/N-ethyl adjacent to an activating group) is 1. The van der Waals surface area contributed by atoms with Gasteiger partial charge in [0.25, 0.3) is 0 Å². The van der Waals surface area contributed by atoms with Crippen LogP contribution in [-0.2, 0) is 4.79 Å². The molecule has 126 valence electrons. The first-order valence-electron chi connectivity index (χ1n) is 8.94. The van der Waals surface area contributed by atoms with Crippen LogP contribution in [0.15, 0.2) is 17.1 Å². The highest BCUT2D eigenvalue weighted by Crippen LogP contribution is 2.19. The second kappa shape index (κ2) is 10.5. The number of allylic oxidation sites excluding steroid dienone is 2. The summed E-state index contributed by atoms with van der Waals surface area (Å²) in [5, 5.41) is 2.93. The van der Waals surface area contributed by atoms with Crippen molar-refractivity contribution in [3.63, 3.8) is 0 Å². The fourth-order valence-corrected chi connectivity index (χ4v) is 3.09. The Labute approximate surface area is 136 Å². The fraction of sp³-hybridized carbons (Fsp3) is 0.778. The Bertz CT molecular complexity index is 390. The minimum Gasteiger partial charge on any atom is -0.351 e. The summed E-state index contributed by atoms with van der Waals surface area (Å²) >= 11 is 0. The van der Waals surface area contributed by atoms with Gasteiger partial charge in [0, 0.05) is 13.3 Å². The third kappa shape index (κ3) is 6.30. The van der Waals surface area contributed by atoms with Gasteiger partial charge >= 0.3 is 0 Å². The van der Waals surface area contributed by atoms with E-state index >= 15 is 0 Å². The van der Waals surface area contributed by atoms with E-state index in [1.807, 2.05) is 0 Å². The summed E-state index contributed by atoms with van der Waals surface area (Å²) in [7, 11) is 0. The molecule has 0 radical (unpaired) electrons. The fourth-order valence-electron chi connectivity index (χ4n) is 3.09. The quantitative estimate of drug-likeness (QED) is 0.355. The predicted octanol–water partition coefficient (Wildman–Crippen LogP) is 3.29. The van der Waals surface area contributed by atoms with Gasteiger partial charge < -0.3 is 5.32 Å². The molecule has 4 nitrogen and oxygen atoms in total. The third-order valence-electron chi connectivity index (χ3n) is 4.55. The van der Waals surface area contributed by atoms with Crippen LogP contribution in [0.1, 0.15) is 59.3 Å². The van der Waals surface area contributed by atoms with Crippen molar-refractivity contribution < 1.29 is 9.28 Å². The average Bonchev–Trinajstić information content (AvgIpc) is 2.89. The van der Waals surface area contributed by atoms with Gasteiger partial charge in [-0.3, -0.25) is 9.28 Å². The van der Waals surface area contributed by atoms with Gasteiger partial charge in [-0.15, -0.1) is 0 Å². The minimum atomic E-state index is 0.0594. The van der Waals surface area contributed by atoms with E-state index in [9.17, 15) is 4.79 Å². The van der Waals surface area contributed by atoms with Crippen molar-refractivity contribution in [2.45, 2.75) is 59.3 Å². The zero-order chi connectivity index (χ0) is 16.3. The summed E-state index contributed by atoms with van der Waals surface area (Å²) in [5.74, 6) is 1.40. The van der Waals surface area contributed by atoms with Crippen LogP contribution in [0.4, 0.5) is 0 Å². The molecule has 0 aromatic carbocycles. The number of nitrogens with one attached hydrogen (secondary N) is 1. The van der Waals surface area contributed by atoms with Crippen LogP contribution in [0, 0.1) is 0 Å². The molecule has 0 aromatic rings. The number of unbranched alkanes of at least 4 members (excludes halogenated alkanes) is 3. The number of hydrogen-bond donors (Lipinski definition) is 1. The third-order valence-corrected chi connectivity index (χ3v) is 4.55. The van der Waals surface area contributed by atoms with Gasteiger partial charge in [0.1, 0.15) is 13.1 Å². The molecule has 4 heteroatoms. The van der Waals surface area contributed by atoms with Crippen molar-refractivity contribution in [3.05, 3.63) is 12.2 Å². The second-order valence-electron chi connectivity index (χ2n) is 6.20. The van der Waals surface area contributed by atoms with Gasteiger partial charge in [-0.05, 0) is 26.2 Å². The van der Waals surface area contributed by atoms with E-state index < -0.39 is 0 Å². The highest BCUT2D eigenvalue weighted by atomic mass is 16.1. The Morgan fingerprint density at radius 1 is 1.27 bits per heavy atom. The van der Waals surface area contributed by atoms with Gasteiger partial charge in [-0.25, -0.2) is 4.99 Å². The molecule has 0 aromatic heterocycles. The number of carbonyl (C=O) groups is 1. The lowest BCUT2D eigenvalue weighted by Crippen LogP contribution is -2.54. The topological polar surface area (TPSA) is 41.5 Å². The van der Waals surface area contributed by atoms with E-state index in [1.165, 1.54) is 31.5 Å². The van der Waals surface area contributed by atoms with Gasteiger partial charge in [-0.2, -0.15) is 0 Å². The summed E-state index contributed by atoms with van der Waals surface area (Å²) in [6.07, 6.45) is 11.8. The highest BCUT2D eigenvalue weighted by molar-refractivity contribution is 5.77. The maximum Gasteiger partial charge on any atom is 0.217 e. The van der Waals surface area contributed by atoms with Crippen molar-refractivity contribution in [3.8, 4) is 0 Å². The molecule has 0 bridgehead atoms. The summed E-state index contributed by atoms with van der Waals surface area (Å²) < 4.78 is 0.972. The number of rotatable bonds is 11. The first-order valence-corrected chi connectivity index (χ1v) is 8.94. The summed E-state index contributed by atoms with van der Waals surface area (Å²) in [5.41, 5.74) is 0. The zero-order valence-electron chi connectivity index (χ0n) is 14.7. The Hall–Kier alpha value is -1.16. The van der Waals surface area contributed by atoms with E-state index in [4.69, 9.17) is 4.99 Å². The van der Waals surface area contributed by atoms with Crippen LogP contribution in [0.5, 0.6) is 0 Å².